The van der Waals surface area contributed by atoms with Gasteiger partial charge in [0.25, 0.3) is 6.43 Å². The van der Waals surface area contributed by atoms with Crippen molar-refractivity contribution in [2.75, 3.05) is 16.3 Å². The van der Waals surface area contributed by atoms with E-state index in [1.165, 1.54) is 0 Å². The molecular formula is C13H14BrF2N3O. The van der Waals surface area contributed by atoms with Crippen LogP contribution in [0.3, 0.4) is 0 Å². The van der Waals surface area contributed by atoms with Gasteiger partial charge in [-0.1, -0.05) is 0 Å². The van der Waals surface area contributed by atoms with E-state index in [1.54, 1.807) is 19.1 Å². The molecule has 3 rings (SSSR count). The fraction of sp³-hybridized carbons (Fsp3) is 0.538. The Kier molecular flexibility index (Phi) is 3.40. The van der Waals surface area contributed by atoms with E-state index in [9.17, 15) is 13.6 Å². The van der Waals surface area contributed by atoms with E-state index >= 15 is 0 Å². The molecule has 108 valence electrons. The highest BCUT2D eigenvalue weighted by atomic mass is 79.9. The maximum atomic E-state index is 12.7. The van der Waals surface area contributed by atoms with Crippen LogP contribution in [-0.2, 0) is 4.79 Å². The number of anilines is 2. The molecule has 0 radical (unpaired) electrons. The van der Waals surface area contributed by atoms with E-state index in [0.717, 1.165) is 17.7 Å². The van der Waals surface area contributed by atoms with E-state index in [2.05, 4.69) is 20.9 Å². The summed E-state index contributed by atoms with van der Waals surface area (Å²) in [5, 5.41) is 0. The molecule has 1 fully saturated rings. The number of hydrogen-bond donors (Lipinski definition) is 0. The normalized spacial score (nSPS) is 22.4. The maximum Gasteiger partial charge on any atom is 0.256 e. The number of alkyl halides is 2. The molecule has 1 aliphatic carbocycles. The van der Waals surface area contributed by atoms with E-state index in [4.69, 9.17) is 0 Å². The summed E-state index contributed by atoms with van der Waals surface area (Å²) < 4.78 is 26.1. The zero-order chi connectivity index (χ0) is 14.4. The van der Waals surface area contributed by atoms with Crippen LogP contribution in [0.2, 0.25) is 0 Å². The Balaban J connectivity index is 2.07. The van der Waals surface area contributed by atoms with Crippen molar-refractivity contribution in [1.82, 2.24) is 4.98 Å². The van der Waals surface area contributed by atoms with E-state index < -0.39 is 19.0 Å². The van der Waals surface area contributed by atoms with Crippen molar-refractivity contribution >= 4 is 33.3 Å². The first-order chi connectivity index (χ1) is 9.49. The van der Waals surface area contributed by atoms with Crippen molar-refractivity contribution in [3.8, 4) is 0 Å². The molecule has 4 nitrogen and oxygen atoms in total. The van der Waals surface area contributed by atoms with Gasteiger partial charge in [-0.05, 0) is 47.8 Å². The van der Waals surface area contributed by atoms with E-state index in [-0.39, 0.29) is 5.91 Å². The van der Waals surface area contributed by atoms with E-state index in [1.807, 2.05) is 4.90 Å². The zero-order valence-electron chi connectivity index (χ0n) is 10.9. The third kappa shape index (κ3) is 2.28. The second kappa shape index (κ2) is 4.95. The summed E-state index contributed by atoms with van der Waals surface area (Å²) in [6.45, 7) is 1.17. The van der Waals surface area contributed by atoms with Gasteiger partial charge in [-0.2, -0.15) is 0 Å². The average molecular weight is 346 g/mol. The number of pyridine rings is 1. The Labute approximate surface area is 123 Å². The molecule has 1 aromatic rings. The largest absolute Gasteiger partial charge is 0.340 e. The monoisotopic (exact) mass is 345 g/mol. The van der Waals surface area contributed by atoms with Gasteiger partial charge in [0.2, 0.25) is 5.91 Å². The summed E-state index contributed by atoms with van der Waals surface area (Å²) in [4.78, 5) is 19.9. The molecule has 0 saturated heterocycles. The number of aromatic nitrogens is 1. The van der Waals surface area contributed by atoms with Crippen LogP contribution in [-0.4, -0.2) is 35.9 Å². The third-order valence-electron chi connectivity index (χ3n) is 3.66. The van der Waals surface area contributed by atoms with Crippen LogP contribution in [0.15, 0.2) is 16.7 Å². The molecule has 1 amide bonds. The van der Waals surface area contributed by atoms with Crippen LogP contribution in [0.4, 0.5) is 20.3 Å². The topological polar surface area (TPSA) is 36.4 Å². The highest BCUT2D eigenvalue weighted by Gasteiger charge is 2.43. The predicted molar refractivity (Wildman–Crippen MR) is 75.3 cm³/mol. The Morgan fingerprint density at radius 2 is 2.15 bits per heavy atom. The molecule has 1 atom stereocenters. The molecule has 20 heavy (non-hydrogen) atoms. The lowest BCUT2D eigenvalue weighted by Gasteiger charge is -2.40. The van der Waals surface area contributed by atoms with Crippen LogP contribution in [0.1, 0.15) is 19.8 Å². The average Bonchev–Trinajstić information content (AvgIpc) is 3.19. The van der Waals surface area contributed by atoms with Crippen molar-refractivity contribution in [2.45, 2.75) is 38.3 Å². The van der Waals surface area contributed by atoms with Gasteiger partial charge in [-0.25, -0.2) is 13.8 Å². The third-order valence-corrected chi connectivity index (χ3v) is 4.10. The lowest BCUT2D eigenvalue weighted by atomic mass is 10.1. The number of fused-ring (bicyclic) bond motifs is 1. The number of hydrogen-bond acceptors (Lipinski definition) is 3. The van der Waals surface area contributed by atoms with Crippen molar-refractivity contribution in [3.05, 3.63) is 16.7 Å². The molecule has 0 aromatic carbocycles. The molecule has 2 aliphatic rings. The van der Waals surface area contributed by atoms with Crippen LogP contribution in [0.5, 0.6) is 0 Å². The Morgan fingerprint density at radius 3 is 2.75 bits per heavy atom. The van der Waals surface area contributed by atoms with Gasteiger partial charge in [-0.3, -0.25) is 4.79 Å². The van der Waals surface area contributed by atoms with Crippen LogP contribution in [0, 0.1) is 0 Å². The van der Waals surface area contributed by atoms with Crippen LogP contribution < -0.4 is 9.80 Å². The number of halogens is 3. The first-order valence-electron chi connectivity index (χ1n) is 6.53. The van der Waals surface area contributed by atoms with Crippen molar-refractivity contribution < 1.29 is 13.6 Å². The quantitative estimate of drug-likeness (QED) is 0.790. The molecule has 1 unspecified atom stereocenters. The maximum absolute atomic E-state index is 12.7. The van der Waals surface area contributed by atoms with Gasteiger partial charge in [0.15, 0.2) is 5.82 Å². The number of rotatable bonds is 3. The first-order valence-corrected chi connectivity index (χ1v) is 7.32. The highest BCUT2D eigenvalue weighted by Crippen LogP contribution is 2.42. The number of carbonyl (C=O) groups is 1. The zero-order valence-corrected chi connectivity index (χ0v) is 12.5. The Bertz CT molecular complexity index is 550. The van der Waals surface area contributed by atoms with Crippen molar-refractivity contribution in [2.24, 2.45) is 0 Å². The summed E-state index contributed by atoms with van der Waals surface area (Å²) >= 11 is 3.30. The molecular weight excluding hydrogens is 332 g/mol. The number of amides is 1. The minimum Gasteiger partial charge on any atom is -0.340 e. The minimum absolute atomic E-state index is 0.283. The van der Waals surface area contributed by atoms with Crippen LogP contribution >= 0.6 is 15.9 Å². The van der Waals surface area contributed by atoms with Gasteiger partial charge >= 0.3 is 0 Å². The second-order valence-electron chi connectivity index (χ2n) is 5.13. The highest BCUT2D eigenvalue weighted by molar-refractivity contribution is 9.10. The predicted octanol–water partition coefficient (Wildman–Crippen LogP) is 2.81. The molecule has 2 heterocycles. The Morgan fingerprint density at radius 1 is 1.45 bits per heavy atom. The van der Waals surface area contributed by atoms with E-state index in [0.29, 0.717) is 22.2 Å². The molecule has 1 aromatic heterocycles. The summed E-state index contributed by atoms with van der Waals surface area (Å²) in [6, 6.07) is 3.19. The molecule has 7 heteroatoms. The van der Waals surface area contributed by atoms with Gasteiger partial charge in [0.05, 0.1) is 12.2 Å². The minimum atomic E-state index is -2.56. The van der Waals surface area contributed by atoms with Crippen molar-refractivity contribution in [1.29, 1.82) is 0 Å². The van der Waals surface area contributed by atoms with Gasteiger partial charge in [0, 0.05) is 6.04 Å². The molecule has 0 N–H and O–H groups in total. The summed E-state index contributed by atoms with van der Waals surface area (Å²) in [5.41, 5.74) is 0.475. The second-order valence-corrected chi connectivity index (χ2v) is 5.94. The summed E-state index contributed by atoms with van der Waals surface area (Å²) in [7, 11) is 0. The number of carbonyl (C=O) groups excluding carboxylic acids is 1. The van der Waals surface area contributed by atoms with Crippen LogP contribution in [0.25, 0.3) is 0 Å². The van der Waals surface area contributed by atoms with Gasteiger partial charge in [-0.15, -0.1) is 0 Å². The van der Waals surface area contributed by atoms with Crippen molar-refractivity contribution in [3.63, 3.8) is 0 Å². The summed E-state index contributed by atoms with van der Waals surface area (Å²) in [6.07, 6.45) is -0.532. The lowest BCUT2D eigenvalue weighted by molar-refractivity contribution is -0.120. The fourth-order valence-corrected chi connectivity index (χ4v) is 2.93. The smallest absolute Gasteiger partial charge is 0.256 e. The number of nitrogens with zero attached hydrogens (tertiary/aromatic N) is 3. The molecule has 1 aliphatic heterocycles. The SMILES string of the molecule is CC1C(=O)N(CC(F)F)c2ccc(Br)nc2N1C1CC1. The fourth-order valence-electron chi connectivity index (χ4n) is 2.63. The lowest BCUT2D eigenvalue weighted by Crippen LogP contribution is -2.54. The standard InChI is InChI=1S/C13H14BrF2N3O/c1-7-13(20)18(6-11(15)16)9-4-5-10(14)17-12(9)19(7)8-2-3-8/h4-5,7-8,11H,2-3,6H2,1H3. The Hall–Kier alpha value is -1.24. The van der Waals surface area contributed by atoms with Gasteiger partial charge in [0.1, 0.15) is 10.6 Å². The molecule has 1 saturated carbocycles. The van der Waals surface area contributed by atoms with Gasteiger partial charge < -0.3 is 9.80 Å². The molecule has 0 bridgehead atoms. The molecule has 0 spiro atoms. The first kappa shape index (κ1) is 13.7. The summed E-state index contributed by atoms with van der Waals surface area (Å²) in [5.74, 6) is 0.337.